The number of carbonyl (C=O) groups is 1. The molecule has 15 heavy (non-hydrogen) atoms. The molecule has 4 N–H and O–H groups in total. The second-order valence-electron chi connectivity index (χ2n) is 3.54. The van der Waals surface area contributed by atoms with Gasteiger partial charge < -0.3 is 15.3 Å². The van der Waals surface area contributed by atoms with Crippen LogP contribution in [0.5, 0.6) is 0 Å². The van der Waals surface area contributed by atoms with Gasteiger partial charge >= 0.3 is 12.1 Å². The molecule has 1 heterocycles. The van der Waals surface area contributed by atoms with E-state index < -0.39 is 42.9 Å². The van der Waals surface area contributed by atoms with E-state index in [0.717, 1.165) is 0 Å². The van der Waals surface area contributed by atoms with Gasteiger partial charge in [0.25, 0.3) is 0 Å². The maximum atomic E-state index is 12.2. The van der Waals surface area contributed by atoms with Crippen LogP contribution in [0.4, 0.5) is 13.2 Å². The van der Waals surface area contributed by atoms with Crippen molar-refractivity contribution in [3.05, 3.63) is 0 Å². The Kier molecular flexibility index (Phi) is 2.94. The molecule has 0 spiro atoms. The Morgan fingerprint density at radius 2 is 1.87 bits per heavy atom. The van der Waals surface area contributed by atoms with E-state index in [2.05, 4.69) is 0 Å². The van der Waals surface area contributed by atoms with Gasteiger partial charge in [0.2, 0.25) is 0 Å². The number of halogens is 3. The minimum absolute atomic E-state index is 0.672. The number of alkyl halides is 3. The minimum atomic E-state index is -4.70. The number of aliphatic hydroxyl groups is 2. The zero-order valence-corrected chi connectivity index (χ0v) is 7.45. The van der Waals surface area contributed by atoms with Crippen LogP contribution >= 0.6 is 0 Å². The van der Waals surface area contributed by atoms with Gasteiger partial charge in [-0.2, -0.15) is 13.2 Å². The molecular formula is C7H10F3NO4. The second-order valence-corrected chi connectivity index (χ2v) is 3.54. The second kappa shape index (κ2) is 3.62. The third-order valence-electron chi connectivity index (χ3n) is 2.16. The van der Waals surface area contributed by atoms with Crippen molar-refractivity contribution < 1.29 is 33.3 Å². The fraction of sp³-hybridized carbons (Fsp3) is 0.857. The van der Waals surface area contributed by atoms with Gasteiger partial charge in [-0.3, -0.25) is 10.1 Å². The molecule has 1 rings (SSSR count). The first-order valence-electron chi connectivity index (χ1n) is 4.12. The molecule has 5 nitrogen and oxygen atoms in total. The molecule has 2 atom stereocenters. The van der Waals surface area contributed by atoms with Gasteiger partial charge in [-0.05, 0) is 0 Å². The number of hydrogen-bond acceptors (Lipinski definition) is 4. The Morgan fingerprint density at radius 1 is 1.33 bits per heavy atom. The summed E-state index contributed by atoms with van der Waals surface area (Å²) < 4.78 is 36.7. The number of carboxylic acid groups (broad SMARTS) is 1. The summed E-state index contributed by atoms with van der Waals surface area (Å²) >= 11 is 0. The number of rotatable bonds is 1. The van der Waals surface area contributed by atoms with E-state index in [-0.39, 0.29) is 0 Å². The fourth-order valence-corrected chi connectivity index (χ4v) is 1.47. The lowest BCUT2D eigenvalue weighted by Gasteiger charge is -2.37. The SMILES string of the molecule is O=C(O)[C@@H]1CC(O)(O)C[C@H](C(F)(F)F)N1. The highest BCUT2D eigenvalue weighted by molar-refractivity contribution is 5.73. The largest absolute Gasteiger partial charge is 0.480 e. The molecule has 1 aliphatic heterocycles. The highest BCUT2D eigenvalue weighted by Gasteiger charge is 2.50. The Morgan fingerprint density at radius 3 is 2.27 bits per heavy atom. The van der Waals surface area contributed by atoms with Crippen molar-refractivity contribution in [3.63, 3.8) is 0 Å². The van der Waals surface area contributed by atoms with Gasteiger partial charge in [0.1, 0.15) is 12.1 Å². The van der Waals surface area contributed by atoms with Crippen LogP contribution in [0.3, 0.4) is 0 Å². The molecular weight excluding hydrogens is 219 g/mol. The van der Waals surface area contributed by atoms with Crippen molar-refractivity contribution in [2.45, 2.75) is 36.9 Å². The highest BCUT2D eigenvalue weighted by atomic mass is 19.4. The van der Waals surface area contributed by atoms with E-state index in [1.54, 1.807) is 5.32 Å². The number of piperidine rings is 1. The Balaban J connectivity index is 2.82. The van der Waals surface area contributed by atoms with E-state index in [9.17, 15) is 18.0 Å². The van der Waals surface area contributed by atoms with E-state index in [0.29, 0.717) is 0 Å². The maximum Gasteiger partial charge on any atom is 0.404 e. The standard InChI is InChI=1S/C7H10F3NO4/c8-7(9,10)4-2-6(14,15)1-3(11-4)5(12)13/h3-4,11,14-15H,1-2H2,(H,12,13)/t3-,4+/m0/s1. The zero-order valence-electron chi connectivity index (χ0n) is 7.45. The first-order valence-corrected chi connectivity index (χ1v) is 4.12. The van der Waals surface area contributed by atoms with Gasteiger partial charge in [-0.1, -0.05) is 0 Å². The van der Waals surface area contributed by atoms with Crippen molar-refractivity contribution in [2.75, 3.05) is 0 Å². The molecule has 0 unspecified atom stereocenters. The smallest absolute Gasteiger partial charge is 0.404 e. The third kappa shape index (κ3) is 3.05. The van der Waals surface area contributed by atoms with Gasteiger partial charge in [0, 0.05) is 12.8 Å². The Bertz CT molecular complexity index is 265. The summed E-state index contributed by atoms with van der Waals surface area (Å²) in [5, 5.41) is 28.5. The van der Waals surface area contributed by atoms with Crippen LogP contribution in [-0.4, -0.2) is 45.3 Å². The predicted molar refractivity (Wildman–Crippen MR) is 40.8 cm³/mol. The monoisotopic (exact) mass is 229 g/mol. The maximum absolute atomic E-state index is 12.2. The Hall–Kier alpha value is -0.860. The molecule has 1 saturated heterocycles. The molecule has 88 valence electrons. The van der Waals surface area contributed by atoms with Gasteiger partial charge in [-0.15, -0.1) is 0 Å². The molecule has 0 aromatic carbocycles. The van der Waals surface area contributed by atoms with Crippen molar-refractivity contribution in [2.24, 2.45) is 0 Å². The average molecular weight is 229 g/mol. The normalized spacial score (nSPS) is 31.3. The van der Waals surface area contributed by atoms with Crippen LogP contribution in [0.1, 0.15) is 12.8 Å². The van der Waals surface area contributed by atoms with Crippen molar-refractivity contribution >= 4 is 5.97 Å². The van der Waals surface area contributed by atoms with Crippen molar-refractivity contribution in [3.8, 4) is 0 Å². The summed E-state index contributed by atoms with van der Waals surface area (Å²) in [6.07, 6.45) is -6.35. The molecule has 0 aromatic rings. The first-order chi connectivity index (χ1) is 6.62. The topological polar surface area (TPSA) is 89.8 Å². The fourth-order valence-electron chi connectivity index (χ4n) is 1.47. The summed E-state index contributed by atoms with van der Waals surface area (Å²) in [6, 6.07) is -3.83. The summed E-state index contributed by atoms with van der Waals surface area (Å²) in [5.41, 5.74) is 0. The van der Waals surface area contributed by atoms with E-state index >= 15 is 0 Å². The molecule has 0 radical (unpaired) electrons. The summed E-state index contributed by atoms with van der Waals surface area (Å²) in [7, 11) is 0. The van der Waals surface area contributed by atoms with Crippen LogP contribution in [0, 0.1) is 0 Å². The number of aliphatic carboxylic acids is 1. The van der Waals surface area contributed by atoms with Gasteiger partial charge in [0.15, 0.2) is 5.79 Å². The highest BCUT2D eigenvalue weighted by Crippen LogP contribution is 2.31. The molecule has 0 amide bonds. The first kappa shape index (κ1) is 12.2. The lowest BCUT2D eigenvalue weighted by atomic mass is 9.92. The van der Waals surface area contributed by atoms with Gasteiger partial charge in [0.05, 0.1) is 0 Å². The third-order valence-corrected chi connectivity index (χ3v) is 2.16. The van der Waals surface area contributed by atoms with Crippen molar-refractivity contribution in [1.82, 2.24) is 5.32 Å². The average Bonchev–Trinajstić information content (AvgIpc) is 1.99. The quantitative estimate of drug-likeness (QED) is 0.452. The summed E-state index contributed by atoms with van der Waals surface area (Å²) in [4.78, 5) is 10.5. The molecule has 1 fully saturated rings. The van der Waals surface area contributed by atoms with Crippen LogP contribution in [0.2, 0.25) is 0 Å². The molecule has 0 aliphatic carbocycles. The minimum Gasteiger partial charge on any atom is -0.480 e. The van der Waals surface area contributed by atoms with Crippen LogP contribution < -0.4 is 5.32 Å². The zero-order chi connectivity index (χ0) is 11.9. The summed E-state index contributed by atoms with van der Waals surface area (Å²) in [5.74, 6) is -4.15. The lowest BCUT2D eigenvalue weighted by molar-refractivity contribution is -0.237. The lowest BCUT2D eigenvalue weighted by Crippen LogP contribution is -2.60. The molecule has 0 bridgehead atoms. The van der Waals surface area contributed by atoms with E-state index in [1.807, 2.05) is 0 Å². The molecule has 0 saturated carbocycles. The van der Waals surface area contributed by atoms with E-state index in [4.69, 9.17) is 15.3 Å². The molecule has 8 heteroatoms. The summed E-state index contributed by atoms with van der Waals surface area (Å²) in [6.45, 7) is 0. The van der Waals surface area contributed by atoms with Crippen molar-refractivity contribution in [1.29, 1.82) is 0 Å². The number of nitrogens with one attached hydrogen (secondary N) is 1. The predicted octanol–water partition coefficient (Wildman–Crippen LogP) is -0.565. The number of carboxylic acids is 1. The molecule has 1 aliphatic rings. The van der Waals surface area contributed by atoms with Crippen LogP contribution in [-0.2, 0) is 4.79 Å². The van der Waals surface area contributed by atoms with Gasteiger partial charge in [-0.25, -0.2) is 0 Å². The Labute approximate surface area is 82.5 Å². The van der Waals surface area contributed by atoms with Crippen LogP contribution in [0.15, 0.2) is 0 Å². The van der Waals surface area contributed by atoms with E-state index in [1.165, 1.54) is 0 Å². The number of hydrogen-bond donors (Lipinski definition) is 4. The molecule has 0 aromatic heterocycles. The van der Waals surface area contributed by atoms with Crippen LogP contribution in [0.25, 0.3) is 0 Å².